The summed E-state index contributed by atoms with van der Waals surface area (Å²) >= 11 is 8.47. The van der Waals surface area contributed by atoms with E-state index in [1.54, 1.807) is 0 Å². The first-order valence-electron chi connectivity index (χ1n) is 5.76. The van der Waals surface area contributed by atoms with E-state index in [9.17, 15) is 0 Å². The number of benzene rings is 2. The minimum atomic E-state index is 0.719. The van der Waals surface area contributed by atoms with Crippen molar-refractivity contribution in [1.29, 1.82) is 0 Å². The van der Waals surface area contributed by atoms with Gasteiger partial charge in [-0.25, -0.2) is 4.98 Å². The summed E-state index contributed by atoms with van der Waals surface area (Å²) in [6.45, 7) is 0. The first kappa shape index (κ1) is 12.7. The Kier molecular flexibility index (Phi) is 3.36. The molecule has 1 N–H and O–H groups in total. The molecule has 0 aliphatic carbocycles. The Morgan fingerprint density at radius 1 is 1.21 bits per heavy atom. The molecule has 0 saturated carbocycles. The highest BCUT2D eigenvalue weighted by Gasteiger charge is 2.04. The number of anilines is 2. The molecule has 5 heteroatoms. The molecule has 0 aliphatic heterocycles. The average Bonchev–Trinajstić information content (AvgIpc) is 2.75. The minimum absolute atomic E-state index is 0.719. The van der Waals surface area contributed by atoms with Gasteiger partial charge in [-0.2, -0.15) is 0 Å². The molecule has 0 aliphatic rings. The molecule has 96 valence electrons. The van der Waals surface area contributed by atoms with Gasteiger partial charge in [0.2, 0.25) is 0 Å². The van der Waals surface area contributed by atoms with Crippen LogP contribution in [0.4, 0.5) is 11.4 Å². The molecule has 1 aromatic heterocycles. The van der Waals surface area contributed by atoms with Gasteiger partial charge in [-0.15, -0.1) is 0 Å². The number of nitrogens with one attached hydrogen (secondary N) is 1. The van der Waals surface area contributed by atoms with Crippen molar-refractivity contribution in [2.24, 2.45) is 7.05 Å². The van der Waals surface area contributed by atoms with Gasteiger partial charge in [0.15, 0.2) is 0 Å². The van der Waals surface area contributed by atoms with E-state index < -0.39 is 0 Å². The molecule has 0 unspecified atom stereocenters. The van der Waals surface area contributed by atoms with E-state index in [2.05, 4.69) is 39.0 Å². The van der Waals surface area contributed by atoms with Gasteiger partial charge in [-0.1, -0.05) is 11.6 Å². The number of fused-ring (bicyclic) bond motifs is 1. The summed E-state index contributed by atoms with van der Waals surface area (Å²) in [7, 11) is 1.98. The number of hydrogen-bond acceptors (Lipinski definition) is 2. The normalized spacial score (nSPS) is 10.9. The summed E-state index contributed by atoms with van der Waals surface area (Å²) in [6.07, 6.45) is 1.81. The second kappa shape index (κ2) is 5.02. The molecular formula is C14H11ClIN3. The first-order chi connectivity index (χ1) is 9.13. The third kappa shape index (κ3) is 2.55. The number of nitrogens with zero attached hydrogens (tertiary/aromatic N) is 2. The Hall–Kier alpha value is -1.27. The maximum atomic E-state index is 6.22. The highest BCUT2D eigenvalue weighted by Crippen LogP contribution is 2.28. The van der Waals surface area contributed by atoms with Crippen LogP contribution in [0.1, 0.15) is 0 Å². The van der Waals surface area contributed by atoms with E-state index in [0.717, 1.165) is 31.0 Å². The van der Waals surface area contributed by atoms with Crippen molar-refractivity contribution in [2.75, 3.05) is 5.32 Å². The van der Waals surface area contributed by atoms with Crippen molar-refractivity contribution in [3.8, 4) is 0 Å². The monoisotopic (exact) mass is 383 g/mol. The van der Waals surface area contributed by atoms with E-state index in [1.807, 2.05) is 48.3 Å². The summed E-state index contributed by atoms with van der Waals surface area (Å²) in [5, 5.41) is 4.05. The highest BCUT2D eigenvalue weighted by atomic mass is 127. The molecule has 3 nitrogen and oxygen atoms in total. The summed E-state index contributed by atoms with van der Waals surface area (Å²) in [5.41, 5.74) is 3.98. The molecule has 0 saturated heterocycles. The largest absolute Gasteiger partial charge is 0.354 e. The number of halogens is 2. The number of imidazole rings is 1. The van der Waals surface area contributed by atoms with E-state index in [4.69, 9.17) is 11.6 Å². The smallest absolute Gasteiger partial charge is 0.0955 e. The Morgan fingerprint density at radius 2 is 2.05 bits per heavy atom. The van der Waals surface area contributed by atoms with Crippen LogP contribution in [0.15, 0.2) is 42.7 Å². The van der Waals surface area contributed by atoms with Crippen molar-refractivity contribution in [3.63, 3.8) is 0 Å². The number of hydrogen-bond donors (Lipinski definition) is 1. The standard InChI is InChI=1S/C14H11ClIN3/c1-19-8-17-13-5-3-10(7-14(13)19)18-12-4-2-9(16)6-11(12)15/h2-8,18H,1H3. The van der Waals surface area contributed by atoms with Crippen LogP contribution in [0, 0.1) is 3.57 Å². The SMILES string of the molecule is Cn1cnc2ccc(Nc3ccc(I)cc3Cl)cc21. The van der Waals surface area contributed by atoms with Crippen LogP contribution in [0.3, 0.4) is 0 Å². The second-order valence-corrected chi connectivity index (χ2v) is 5.96. The number of aryl methyl sites for hydroxylation is 1. The van der Waals surface area contributed by atoms with Gasteiger partial charge in [-0.3, -0.25) is 0 Å². The van der Waals surface area contributed by atoms with Crippen molar-refractivity contribution < 1.29 is 0 Å². The maximum absolute atomic E-state index is 6.22. The quantitative estimate of drug-likeness (QED) is 0.657. The lowest BCUT2D eigenvalue weighted by Crippen LogP contribution is -1.92. The Balaban J connectivity index is 1.98. The second-order valence-electron chi connectivity index (χ2n) is 4.31. The number of rotatable bonds is 2. The van der Waals surface area contributed by atoms with Gasteiger partial charge >= 0.3 is 0 Å². The van der Waals surface area contributed by atoms with Crippen LogP contribution < -0.4 is 5.32 Å². The molecule has 19 heavy (non-hydrogen) atoms. The fraction of sp³-hybridized carbons (Fsp3) is 0.0714. The van der Waals surface area contributed by atoms with Gasteiger partial charge in [0, 0.05) is 16.3 Å². The lowest BCUT2D eigenvalue weighted by molar-refractivity contribution is 0.948. The average molecular weight is 384 g/mol. The van der Waals surface area contributed by atoms with Crippen LogP contribution in [-0.4, -0.2) is 9.55 Å². The maximum Gasteiger partial charge on any atom is 0.0955 e. The van der Waals surface area contributed by atoms with Gasteiger partial charge in [0.05, 0.1) is 28.1 Å². The third-order valence-electron chi connectivity index (χ3n) is 2.94. The minimum Gasteiger partial charge on any atom is -0.354 e. The molecule has 0 bridgehead atoms. The Bertz CT molecular complexity index is 752. The highest BCUT2D eigenvalue weighted by molar-refractivity contribution is 14.1. The van der Waals surface area contributed by atoms with E-state index in [0.29, 0.717) is 0 Å². The van der Waals surface area contributed by atoms with Crippen LogP contribution in [0.25, 0.3) is 11.0 Å². The van der Waals surface area contributed by atoms with Crippen molar-refractivity contribution in [2.45, 2.75) is 0 Å². The first-order valence-corrected chi connectivity index (χ1v) is 7.22. The van der Waals surface area contributed by atoms with Gasteiger partial charge < -0.3 is 9.88 Å². The van der Waals surface area contributed by atoms with Crippen LogP contribution in [0.5, 0.6) is 0 Å². The zero-order valence-electron chi connectivity index (χ0n) is 10.2. The van der Waals surface area contributed by atoms with Crippen LogP contribution in [-0.2, 0) is 7.05 Å². The lowest BCUT2D eigenvalue weighted by atomic mass is 10.2. The number of aromatic nitrogens is 2. The van der Waals surface area contributed by atoms with Crippen molar-refractivity contribution in [1.82, 2.24) is 9.55 Å². The Labute approximate surface area is 129 Å². The molecule has 0 radical (unpaired) electrons. The Morgan fingerprint density at radius 3 is 2.84 bits per heavy atom. The predicted molar refractivity (Wildman–Crippen MR) is 88.2 cm³/mol. The van der Waals surface area contributed by atoms with Crippen molar-refractivity contribution in [3.05, 3.63) is 51.3 Å². The van der Waals surface area contributed by atoms with Crippen LogP contribution in [0.2, 0.25) is 5.02 Å². The zero-order valence-corrected chi connectivity index (χ0v) is 13.1. The third-order valence-corrected chi connectivity index (χ3v) is 3.92. The van der Waals surface area contributed by atoms with Gasteiger partial charge in [0.25, 0.3) is 0 Å². The topological polar surface area (TPSA) is 29.9 Å². The molecule has 0 amide bonds. The molecule has 2 aromatic carbocycles. The van der Waals surface area contributed by atoms with E-state index in [-0.39, 0.29) is 0 Å². The molecular weight excluding hydrogens is 373 g/mol. The van der Waals surface area contributed by atoms with E-state index in [1.165, 1.54) is 0 Å². The van der Waals surface area contributed by atoms with Gasteiger partial charge in [-0.05, 0) is 59.0 Å². The van der Waals surface area contributed by atoms with Gasteiger partial charge in [0.1, 0.15) is 0 Å². The summed E-state index contributed by atoms with van der Waals surface area (Å²) in [5.74, 6) is 0. The van der Waals surface area contributed by atoms with E-state index >= 15 is 0 Å². The zero-order chi connectivity index (χ0) is 13.4. The summed E-state index contributed by atoms with van der Waals surface area (Å²) in [6, 6.07) is 12.0. The van der Waals surface area contributed by atoms with Crippen LogP contribution >= 0.6 is 34.2 Å². The molecule has 0 atom stereocenters. The fourth-order valence-electron chi connectivity index (χ4n) is 1.95. The molecule has 0 fully saturated rings. The summed E-state index contributed by atoms with van der Waals surface area (Å²) in [4.78, 5) is 4.30. The fourth-order valence-corrected chi connectivity index (χ4v) is 2.85. The molecule has 0 spiro atoms. The van der Waals surface area contributed by atoms with Crippen molar-refractivity contribution >= 4 is 56.6 Å². The molecule has 3 aromatic rings. The summed E-state index contributed by atoms with van der Waals surface area (Å²) < 4.78 is 3.12. The molecule has 3 rings (SSSR count). The lowest BCUT2D eigenvalue weighted by Gasteiger charge is -2.09. The predicted octanol–water partition coefficient (Wildman–Crippen LogP) is 4.57. The molecule has 1 heterocycles.